The molecule has 1 aromatic heterocycles. The van der Waals surface area contributed by atoms with E-state index in [1.54, 1.807) is 31.3 Å². The first kappa shape index (κ1) is 17.5. The van der Waals surface area contributed by atoms with E-state index in [-0.39, 0.29) is 24.3 Å². The van der Waals surface area contributed by atoms with Crippen LogP contribution >= 0.6 is 0 Å². The fourth-order valence-corrected chi connectivity index (χ4v) is 2.81. The van der Waals surface area contributed by atoms with Gasteiger partial charge >= 0.3 is 0 Å². The molecule has 0 radical (unpaired) electrons. The van der Waals surface area contributed by atoms with Crippen LogP contribution in [0.25, 0.3) is 0 Å². The predicted molar refractivity (Wildman–Crippen MR) is 104 cm³/mol. The van der Waals surface area contributed by atoms with Crippen molar-refractivity contribution in [1.82, 2.24) is 4.98 Å². The van der Waals surface area contributed by atoms with Crippen LogP contribution in [0.1, 0.15) is 20.8 Å². The van der Waals surface area contributed by atoms with Gasteiger partial charge in [0.15, 0.2) is 11.5 Å². The number of pyridine rings is 1. The Morgan fingerprint density at radius 2 is 1.79 bits per heavy atom. The standard InChI is InChI=1S/C21H17N3O4/c1-24(16-5-3-2-4-6-16)21(26)17-11-14(9-10-22-17)20(25)23-15-7-8-18-19(12-15)28-13-27-18/h2-12H,13H2,1H3,(H,23,25). The van der Waals surface area contributed by atoms with Gasteiger partial charge in [-0.2, -0.15) is 0 Å². The van der Waals surface area contributed by atoms with E-state index in [0.29, 0.717) is 22.7 Å². The van der Waals surface area contributed by atoms with Gasteiger partial charge in [-0.1, -0.05) is 18.2 Å². The first-order chi connectivity index (χ1) is 13.6. The first-order valence-electron chi connectivity index (χ1n) is 8.62. The number of nitrogens with zero attached hydrogens (tertiary/aromatic N) is 2. The van der Waals surface area contributed by atoms with Gasteiger partial charge in [-0.05, 0) is 36.4 Å². The smallest absolute Gasteiger partial charge is 0.276 e. The van der Waals surface area contributed by atoms with E-state index < -0.39 is 0 Å². The molecule has 3 aromatic rings. The Bertz CT molecular complexity index is 1040. The lowest BCUT2D eigenvalue weighted by atomic mass is 10.2. The number of aromatic nitrogens is 1. The average molecular weight is 375 g/mol. The third-order valence-electron chi connectivity index (χ3n) is 4.32. The normalized spacial score (nSPS) is 11.8. The predicted octanol–water partition coefficient (Wildman–Crippen LogP) is 3.34. The molecule has 0 bridgehead atoms. The zero-order chi connectivity index (χ0) is 19.5. The molecule has 1 aliphatic rings. The molecule has 0 unspecified atom stereocenters. The van der Waals surface area contributed by atoms with Gasteiger partial charge in [0.25, 0.3) is 11.8 Å². The van der Waals surface area contributed by atoms with Gasteiger partial charge in [0.1, 0.15) is 5.69 Å². The molecule has 0 atom stereocenters. The van der Waals surface area contributed by atoms with Crippen LogP contribution in [0.3, 0.4) is 0 Å². The maximum absolute atomic E-state index is 12.7. The number of carbonyl (C=O) groups is 2. The van der Waals surface area contributed by atoms with Gasteiger partial charge in [-0.15, -0.1) is 0 Å². The number of nitrogens with one attached hydrogen (secondary N) is 1. The van der Waals surface area contributed by atoms with E-state index in [9.17, 15) is 9.59 Å². The first-order valence-corrected chi connectivity index (χ1v) is 8.62. The Balaban J connectivity index is 1.51. The molecule has 4 rings (SSSR count). The van der Waals surface area contributed by atoms with Gasteiger partial charge in [-0.25, -0.2) is 0 Å². The van der Waals surface area contributed by atoms with E-state index in [4.69, 9.17) is 9.47 Å². The van der Waals surface area contributed by atoms with Gasteiger partial charge < -0.3 is 19.7 Å². The summed E-state index contributed by atoms with van der Waals surface area (Å²) in [6.07, 6.45) is 1.45. The zero-order valence-electron chi connectivity index (χ0n) is 15.1. The summed E-state index contributed by atoms with van der Waals surface area (Å²) in [5.74, 6) is 0.563. The molecular weight excluding hydrogens is 358 g/mol. The Hall–Kier alpha value is -3.87. The number of para-hydroxylation sites is 1. The lowest BCUT2D eigenvalue weighted by Crippen LogP contribution is -2.27. The largest absolute Gasteiger partial charge is 0.454 e. The highest BCUT2D eigenvalue weighted by atomic mass is 16.7. The molecule has 7 heteroatoms. The van der Waals surface area contributed by atoms with E-state index in [1.807, 2.05) is 30.3 Å². The van der Waals surface area contributed by atoms with Gasteiger partial charge in [0.2, 0.25) is 6.79 Å². The second-order valence-corrected chi connectivity index (χ2v) is 6.15. The molecular formula is C21H17N3O4. The lowest BCUT2D eigenvalue weighted by molar-refractivity contribution is 0.0988. The van der Waals surface area contributed by atoms with Crippen molar-refractivity contribution in [3.8, 4) is 11.5 Å². The molecule has 2 aromatic carbocycles. The van der Waals surface area contributed by atoms with Crippen LogP contribution in [0.15, 0.2) is 66.9 Å². The Kier molecular flexibility index (Phi) is 4.63. The van der Waals surface area contributed by atoms with E-state index in [1.165, 1.54) is 17.2 Å². The van der Waals surface area contributed by atoms with Crippen LogP contribution in [-0.4, -0.2) is 30.6 Å². The molecule has 0 aliphatic carbocycles. The molecule has 2 heterocycles. The molecule has 0 saturated heterocycles. The summed E-state index contributed by atoms with van der Waals surface area (Å²) in [6, 6.07) is 17.4. The van der Waals surface area contributed by atoms with Gasteiger partial charge in [0.05, 0.1) is 0 Å². The molecule has 7 nitrogen and oxygen atoms in total. The second kappa shape index (κ2) is 7.40. The summed E-state index contributed by atoms with van der Waals surface area (Å²) >= 11 is 0. The van der Waals surface area contributed by atoms with Crippen LogP contribution < -0.4 is 19.7 Å². The summed E-state index contributed by atoms with van der Waals surface area (Å²) in [5, 5.41) is 2.79. The van der Waals surface area contributed by atoms with E-state index in [2.05, 4.69) is 10.3 Å². The van der Waals surface area contributed by atoms with Crippen molar-refractivity contribution >= 4 is 23.2 Å². The van der Waals surface area contributed by atoms with E-state index in [0.717, 1.165) is 5.69 Å². The maximum atomic E-state index is 12.7. The Morgan fingerprint density at radius 3 is 2.61 bits per heavy atom. The number of fused-ring (bicyclic) bond motifs is 1. The van der Waals surface area contributed by atoms with Crippen LogP contribution in [0, 0.1) is 0 Å². The number of hydrogen-bond acceptors (Lipinski definition) is 5. The monoisotopic (exact) mass is 375 g/mol. The van der Waals surface area contributed by atoms with Crippen molar-refractivity contribution in [3.05, 3.63) is 78.1 Å². The zero-order valence-corrected chi connectivity index (χ0v) is 15.1. The number of amides is 2. The van der Waals surface area contributed by atoms with Crippen molar-refractivity contribution < 1.29 is 19.1 Å². The highest BCUT2D eigenvalue weighted by molar-refractivity contribution is 6.08. The molecule has 1 N–H and O–H groups in total. The van der Waals surface area contributed by atoms with Crippen molar-refractivity contribution in [1.29, 1.82) is 0 Å². The van der Waals surface area contributed by atoms with Crippen molar-refractivity contribution in [2.24, 2.45) is 0 Å². The molecule has 2 amide bonds. The van der Waals surface area contributed by atoms with Gasteiger partial charge in [0, 0.05) is 36.2 Å². The summed E-state index contributed by atoms with van der Waals surface area (Å²) in [5.41, 5.74) is 1.83. The summed E-state index contributed by atoms with van der Waals surface area (Å²) in [7, 11) is 1.67. The molecule has 1 aliphatic heterocycles. The molecule has 0 spiro atoms. The van der Waals surface area contributed by atoms with E-state index >= 15 is 0 Å². The van der Waals surface area contributed by atoms with Crippen molar-refractivity contribution in [3.63, 3.8) is 0 Å². The third-order valence-corrected chi connectivity index (χ3v) is 4.32. The molecule has 0 fully saturated rings. The van der Waals surface area contributed by atoms with Crippen LogP contribution in [0.2, 0.25) is 0 Å². The van der Waals surface area contributed by atoms with Crippen molar-refractivity contribution in [2.45, 2.75) is 0 Å². The van der Waals surface area contributed by atoms with Crippen LogP contribution in [-0.2, 0) is 0 Å². The van der Waals surface area contributed by atoms with Crippen LogP contribution in [0.5, 0.6) is 11.5 Å². The quantitative estimate of drug-likeness (QED) is 0.756. The number of ether oxygens (including phenoxy) is 2. The molecule has 28 heavy (non-hydrogen) atoms. The third kappa shape index (κ3) is 3.50. The fraction of sp³-hybridized carbons (Fsp3) is 0.0952. The average Bonchev–Trinajstić information content (AvgIpc) is 3.21. The topological polar surface area (TPSA) is 80.8 Å². The number of carbonyl (C=O) groups excluding carboxylic acids is 2. The number of anilines is 2. The number of benzene rings is 2. The number of rotatable bonds is 4. The fourth-order valence-electron chi connectivity index (χ4n) is 2.81. The van der Waals surface area contributed by atoms with Gasteiger partial charge in [-0.3, -0.25) is 14.6 Å². The Labute approximate surface area is 161 Å². The van der Waals surface area contributed by atoms with Crippen LogP contribution in [0.4, 0.5) is 11.4 Å². The highest BCUT2D eigenvalue weighted by Crippen LogP contribution is 2.34. The minimum atomic E-state index is -0.349. The molecule has 0 saturated carbocycles. The highest BCUT2D eigenvalue weighted by Gasteiger charge is 2.18. The summed E-state index contributed by atoms with van der Waals surface area (Å²) in [6.45, 7) is 0.164. The second-order valence-electron chi connectivity index (χ2n) is 6.15. The van der Waals surface area contributed by atoms with Crippen molar-refractivity contribution in [2.75, 3.05) is 24.1 Å². The maximum Gasteiger partial charge on any atom is 0.276 e. The number of hydrogen-bond donors (Lipinski definition) is 1. The minimum absolute atomic E-state index is 0.164. The minimum Gasteiger partial charge on any atom is -0.454 e. The Morgan fingerprint density at radius 1 is 1.00 bits per heavy atom. The SMILES string of the molecule is CN(C(=O)c1cc(C(=O)Nc2ccc3c(c2)OCO3)ccn1)c1ccccc1. The summed E-state index contributed by atoms with van der Waals surface area (Å²) < 4.78 is 10.6. The summed E-state index contributed by atoms with van der Waals surface area (Å²) in [4.78, 5) is 30.9. The lowest BCUT2D eigenvalue weighted by Gasteiger charge is -2.17. The molecule has 140 valence electrons.